The molecule has 1 aliphatic heterocycles. The van der Waals surface area contributed by atoms with E-state index in [1.165, 1.54) is 24.0 Å². The molecule has 1 fully saturated rings. The van der Waals surface area contributed by atoms with E-state index in [-0.39, 0.29) is 5.91 Å². The SMILES string of the molecule is O=C(NC1CCCC1)c1cncc(N2CCc3ccccc3C2)c1. The van der Waals surface area contributed by atoms with Gasteiger partial charge in [0.15, 0.2) is 0 Å². The molecule has 4 heteroatoms. The fourth-order valence-corrected chi connectivity index (χ4v) is 3.78. The summed E-state index contributed by atoms with van der Waals surface area (Å²) in [6.07, 6.45) is 9.21. The van der Waals surface area contributed by atoms with Crippen LogP contribution in [0.25, 0.3) is 0 Å². The first-order valence-corrected chi connectivity index (χ1v) is 8.87. The second-order valence-corrected chi connectivity index (χ2v) is 6.83. The highest BCUT2D eigenvalue weighted by atomic mass is 16.1. The summed E-state index contributed by atoms with van der Waals surface area (Å²) >= 11 is 0. The first-order valence-electron chi connectivity index (χ1n) is 8.87. The van der Waals surface area contributed by atoms with E-state index in [0.29, 0.717) is 11.6 Å². The van der Waals surface area contributed by atoms with Crippen LogP contribution in [-0.4, -0.2) is 23.5 Å². The van der Waals surface area contributed by atoms with Gasteiger partial charge in [-0.2, -0.15) is 0 Å². The van der Waals surface area contributed by atoms with Gasteiger partial charge in [-0.15, -0.1) is 0 Å². The molecule has 124 valence electrons. The Morgan fingerprint density at radius 3 is 2.75 bits per heavy atom. The Labute approximate surface area is 142 Å². The molecule has 0 saturated heterocycles. The average Bonchev–Trinajstić information content (AvgIpc) is 3.14. The fraction of sp³-hybridized carbons (Fsp3) is 0.400. The first kappa shape index (κ1) is 15.2. The number of carbonyl (C=O) groups excluding carboxylic acids is 1. The number of nitrogens with one attached hydrogen (secondary N) is 1. The lowest BCUT2D eigenvalue weighted by atomic mass is 9.99. The number of benzene rings is 1. The zero-order chi connectivity index (χ0) is 16.4. The van der Waals surface area contributed by atoms with Crippen LogP contribution in [0.2, 0.25) is 0 Å². The third-order valence-corrected chi connectivity index (χ3v) is 5.17. The van der Waals surface area contributed by atoms with Gasteiger partial charge in [-0.1, -0.05) is 37.1 Å². The Bertz CT molecular complexity index is 737. The topological polar surface area (TPSA) is 45.2 Å². The van der Waals surface area contributed by atoms with Crippen LogP contribution in [0.4, 0.5) is 5.69 Å². The van der Waals surface area contributed by atoms with Gasteiger partial charge in [-0.3, -0.25) is 9.78 Å². The number of pyridine rings is 1. The number of nitrogens with zero attached hydrogens (tertiary/aromatic N) is 2. The molecular weight excluding hydrogens is 298 g/mol. The van der Waals surface area contributed by atoms with Crippen molar-refractivity contribution in [2.24, 2.45) is 0 Å². The van der Waals surface area contributed by atoms with Gasteiger partial charge in [-0.05, 0) is 36.5 Å². The summed E-state index contributed by atoms with van der Waals surface area (Å²) < 4.78 is 0. The predicted octanol–water partition coefficient (Wildman–Crippen LogP) is 3.32. The van der Waals surface area contributed by atoms with Gasteiger partial charge in [0.1, 0.15) is 0 Å². The van der Waals surface area contributed by atoms with Crippen LogP contribution >= 0.6 is 0 Å². The molecule has 4 nitrogen and oxygen atoms in total. The molecule has 0 atom stereocenters. The minimum absolute atomic E-state index is 0.00802. The van der Waals surface area contributed by atoms with Crippen molar-refractivity contribution in [1.29, 1.82) is 0 Å². The predicted molar refractivity (Wildman–Crippen MR) is 95.2 cm³/mol. The average molecular weight is 321 g/mol. The maximum absolute atomic E-state index is 12.5. The third kappa shape index (κ3) is 3.14. The number of amides is 1. The van der Waals surface area contributed by atoms with E-state index >= 15 is 0 Å². The maximum Gasteiger partial charge on any atom is 0.253 e. The van der Waals surface area contributed by atoms with Crippen LogP contribution < -0.4 is 10.2 Å². The van der Waals surface area contributed by atoms with Crippen molar-refractivity contribution < 1.29 is 4.79 Å². The molecule has 2 heterocycles. The molecule has 4 rings (SSSR count). The summed E-state index contributed by atoms with van der Waals surface area (Å²) in [5.41, 5.74) is 4.49. The van der Waals surface area contributed by atoms with Gasteiger partial charge in [0, 0.05) is 25.3 Å². The van der Waals surface area contributed by atoms with E-state index in [2.05, 4.69) is 39.5 Å². The van der Waals surface area contributed by atoms with Gasteiger partial charge < -0.3 is 10.2 Å². The Morgan fingerprint density at radius 2 is 1.92 bits per heavy atom. The number of fused-ring (bicyclic) bond motifs is 1. The minimum atomic E-state index is 0.00802. The monoisotopic (exact) mass is 321 g/mol. The smallest absolute Gasteiger partial charge is 0.253 e. The lowest BCUT2D eigenvalue weighted by Crippen LogP contribution is -2.33. The Morgan fingerprint density at radius 1 is 1.12 bits per heavy atom. The van der Waals surface area contributed by atoms with Crippen LogP contribution in [0.15, 0.2) is 42.7 Å². The highest BCUT2D eigenvalue weighted by molar-refractivity contribution is 5.95. The van der Waals surface area contributed by atoms with Gasteiger partial charge in [0.2, 0.25) is 0 Å². The molecule has 1 aromatic heterocycles. The number of carbonyl (C=O) groups is 1. The van der Waals surface area contributed by atoms with Gasteiger partial charge in [0.25, 0.3) is 5.91 Å². The van der Waals surface area contributed by atoms with Crippen molar-refractivity contribution in [2.75, 3.05) is 11.4 Å². The normalized spacial score (nSPS) is 17.6. The molecule has 1 saturated carbocycles. The number of rotatable bonds is 3. The molecule has 24 heavy (non-hydrogen) atoms. The van der Waals surface area contributed by atoms with Crippen LogP contribution in [-0.2, 0) is 13.0 Å². The van der Waals surface area contributed by atoms with Gasteiger partial charge >= 0.3 is 0 Å². The van der Waals surface area contributed by atoms with E-state index in [9.17, 15) is 4.79 Å². The Kier molecular flexibility index (Phi) is 4.20. The molecule has 1 amide bonds. The van der Waals surface area contributed by atoms with Crippen molar-refractivity contribution in [3.63, 3.8) is 0 Å². The quantitative estimate of drug-likeness (QED) is 0.943. The van der Waals surface area contributed by atoms with Crippen molar-refractivity contribution in [3.8, 4) is 0 Å². The van der Waals surface area contributed by atoms with Crippen LogP contribution in [0.1, 0.15) is 47.2 Å². The summed E-state index contributed by atoms with van der Waals surface area (Å²) in [7, 11) is 0. The molecule has 2 aromatic rings. The van der Waals surface area contributed by atoms with Crippen molar-refractivity contribution >= 4 is 11.6 Å². The Balaban J connectivity index is 1.49. The standard InChI is InChI=1S/C20H23N3O/c24-20(22-18-7-3-4-8-18)17-11-19(13-21-12-17)23-10-9-15-5-1-2-6-16(15)14-23/h1-2,5-6,11-13,18H,3-4,7-10,14H2,(H,22,24). The van der Waals surface area contributed by atoms with E-state index < -0.39 is 0 Å². The number of hydrogen-bond donors (Lipinski definition) is 1. The largest absolute Gasteiger partial charge is 0.366 e. The van der Waals surface area contributed by atoms with Crippen LogP contribution in [0.5, 0.6) is 0 Å². The van der Waals surface area contributed by atoms with Gasteiger partial charge in [-0.25, -0.2) is 0 Å². The first-order chi connectivity index (χ1) is 11.8. The molecule has 1 aromatic carbocycles. The molecule has 0 bridgehead atoms. The fourth-order valence-electron chi connectivity index (χ4n) is 3.78. The molecular formula is C20H23N3O. The molecule has 2 aliphatic rings. The second kappa shape index (κ2) is 6.63. The molecule has 0 radical (unpaired) electrons. The third-order valence-electron chi connectivity index (χ3n) is 5.17. The number of aromatic nitrogens is 1. The second-order valence-electron chi connectivity index (χ2n) is 6.83. The highest BCUT2D eigenvalue weighted by Gasteiger charge is 2.20. The van der Waals surface area contributed by atoms with E-state index in [1.54, 1.807) is 6.20 Å². The molecule has 1 N–H and O–H groups in total. The molecule has 0 spiro atoms. The van der Waals surface area contributed by atoms with Crippen molar-refractivity contribution in [1.82, 2.24) is 10.3 Å². The highest BCUT2D eigenvalue weighted by Crippen LogP contribution is 2.25. The summed E-state index contributed by atoms with van der Waals surface area (Å²) in [5, 5.41) is 3.14. The maximum atomic E-state index is 12.5. The molecule has 1 aliphatic carbocycles. The minimum Gasteiger partial charge on any atom is -0.366 e. The molecule has 0 unspecified atom stereocenters. The zero-order valence-electron chi connectivity index (χ0n) is 13.9. The summed E-state index contributed by atoms with van der Waals surface area (Å²) in [4.78, 5) is 19.1. The summed E-state index contributed by atoms with van der Waals surface area (Å²) in [5.74, 6) is 0.00802. The zero-order valence-corrected chi connectivity index (χ0v) is 13.9. The number of anilines is 1. The van der Waals surface area contributed by atoms with Crippen LogP contribution in [0, 0.1) is 0 Å². The van der Waals surface area contributed by atoms with Gasteiger partial charge in [0.05, 0.1) is 17.4 Å². The van der Waals surface area contributed by atoms with E-state index in [1.807, 2.05) is 12.3 Å². The van der Waals surface area contributed by atoms with Crippen molar-refractivity contribution in [2.45, 2.75) is 44.7 Å². The summed E-state index contributed by atoms with van der Waals surface area (Å²) in [6.45, 7) is 1.85. The van der Waals surface area contributed by atoms with E-state index in [0.717, 1.165) is 38.0 Å². The number of hydrogen-bond acceptors (Lipinski definition) is 3. The van der Waals surface area contributed by atoms with Crippen molar-refractivity contribution in [3.05, 3.63) is 59.4 Å². The van der Waals surface area contributed by atoms with Crippen LogP contribution in [0.3, 0.4) is 0 Å². The lowest BCUT2D eigenvalue weighted by molar-refractivity contribution is 0.0937. The Hall–Kier alpha value is -2.36. The van der Waals surface area contributed by atoms with E-state index in [4.69, 9.17) is 0 Å². The lowest BCUT2D eigenvalue weighted by Gasteiger charge is -2.30. The summed E-state index contributed by atoms with van der Waals surface area (Å²) in [6, 6.07) is 10.9.